The van der Waals surface area contributed by atoms with E-state index in [1.807, 2.05) is 6.92 Å². The van der Waals surface area contributed by atoms with Gasteiger partial charge in [0.2, 0.25) is 0 Å². The van der Waals surface area contributed by atoms with Crippen LogP contribution in [-0.4, -0.2) is 74.2 Å². The summed E-state index contributed by atoms with van der Waals surface area (Å²) >= 11 is 0. The van der Waals surface area contributed by atoms with Crippen LogP contribution in [0.1, 0.15) is 44.6 Å². The smallest absolute Gasteiger partial charge is 0.191 e. The maximum atomic E-state index is 13.9. The highest BCUT2D eigenvalue weighted by atomic mass is 127. The number of nitrogens with zero attached hydrogens (tertiary/aromatic N) is 3. The highest BCUT2D eigenvalue weighted by Crippen LogP contribution is 2.31. The Hall–Kier alpha value is -1.00. The second kappa shape index (κ2) is 12.9. The zero-order valence-corrected chi connectivity index (χ0v) is 21.3. The molecule has 5 nitrogen and oxygen atoms in total. The van der Waals surface area contributed by atoms with Crippen LogP contribution in [0.25, 0.3) is 0 Å². The molecule has 1 aromatic rings. The Balaban J connectivity index is 0.00000341. The summed E-state index contributed by atoms with van der Waals surface area (Å²) in [7, 11) is 2.20. The lowest BCUT2D eigenvalue weighted by atomic mass is 9.84. The summed E-state index contributed by atoms with van der Waals surface area (Å²) in [6.07, 6.45) is 6.58. The molecule has 8 heteroatoms. The third-order valence-corrected chi connectivity index (χ3v) is 6.51. The summed E-state index contributed by atoms with van der Waals surface area (Å²) in [6, 6.07) is 3.61. The molecule has 0 unspecified atom stereocenters. The molecule has 2 heterocycles. The number of nitrogens with one attached hydrogen (secondary N) is 2. The molecule has 0 aliphatic carbocycles. The van der Waals surface area contributed by atoms with Crippen molar-refractivity contribution in [1.82, 2.24) is 20.4 Å². The number of hydrogen-bond acceptors (Lipinski definition) is 3. The summed E-state index contributed by atoms with van der Waals surface area (Å²) in [5, 5.41) is 6.61. The minimum Gasteiger partial charge on any atom is -0.357 e. The summed E-state index contributed by atoms with van der Waals surface area (Å²) in [5.74, 6) is -0.0159. The molecule has 2 N–H and O–H groups in total. The molecular weight excluding hydrogens is 511 g/mol. The van der Waals surface area contributed by atoms with Crippen LogP contribution >= 0.6 is 24.0 Å². The average molecular weight is 549 g/mol. The summed E-state index contributed by atoms with van der Waals surface area (Å²) in [4.78, 5) is 10.0. The zero-order valence-electron chi connectivity index (χ0n) is 18.9. The first-order chi connectivity index (χ1) is 14.5. The van der Waals surface area contributed by atoms with Crippen LogP contribution in [0.4, 0.5) is 8.78 Å². The van der Waals surface area contributed by atoms with Gasteiger partial charge in [-0.2, -0.15) is 0 Å². The number of benzene rings is 1. The van der Waals surface area contributed by atoms with Crippen molar-refractivity contribution in [2.75, 3.05) is 52.9 Å². The maximum Gasteiger partial charge on any atom is 0.191 e. The fourth-order valence-corrected chi connectivity index (χ4v) is 4.60. The Morgan fingerprint density at radius 1 is 1.06 bits per heavy atom. The van der Waals surface area contributed by atoms with Crippen LogP contribution in [0, 0.1) is 11.6 Å². The van der Waals surface area contributed by atoms with Crippen molar-refractivity contribution in [1.29, 1.82) is 0 Å². The second-order valence-corrected chi connectivity index (χ2v) is 8.68. The third-order valence-electron chi connectivity index (χ3n) is 6.51. The number of piperidine rings is 2. The monoisotopic (exact) mass is 549 g/mol. The van der Waals surface area contributed by atoms with E-state index in [4.69, 9.17) is 4.99 Å². The molecule has 0 saturated carbocycles. The largest absolute Gasteiger partial charge is 0.357 e. The average Bonchev–Trinajstić information content (AvgIpc) is 2.76. The molecule has 2 aliphatic heterocycles. The molecule has 176 valence electrons. The molecule has 0 amide bonds. The van der Waals surface area contributed by atoms with E-state index < -0.39 is 5.82 Å². The predicted molar refractivity (Wildman–Crippen MR) is 134 cm³/mol. The molecule has 0 bridgehead atoms. The second-order valence-electron chi connectivity index (χ2n) is 8.68. The lowest BCUT2D eigenvalue weighted by molar-refractivity contribution is 0.0208. The summed E-state index contributed by atoms with van der Waals surface area (Å²) in [5.41, 5.74) is 0.516. The maximum absolute atomic E-state index is 13.9. The van der Waals surface area contributed by atoms with E-state index in [1.165, 1.54) is 44.5 Å². The van der Waals surface area contributed by atoms with Crippen LogP contribution < -0.4 is 10.6 Å². The van der Waals surface area contributed by atoms with Crippen molar-refractivity contribution in [3.8, 4) is 0 Å². The number of guanidine groups is 1. The van der Waals surface area contributed by atoms with Gasteiger partial charge in [0, 0.05) is 18.6 Å². The highest BCUT2D eigenvalue weighted by molar-refractivity contribution is 14.0. The fraction of sp³-hybridized carbons (Fsp3) is 0.696. The number of aliphatic imine (C=N–C) groups is 1. The van der Waals surface area contributed by atoms with E-state index in [2.05, 4.69) is 27.5 Å². The van der Waals surface area contributed by atoms with E-state index in [-0.39, 0.29) is 35.3 Å². The van der Waals surface area contributed by atoms with E-state index in [9.17, 15) is 8.78 Å². The molecule has 2 fully saturated rings. The molecule has 1 aromatic carbocycles. The van der Waals surface area contributed by atoms with Gasteiger partial charge < -0.3 is 15.5 Å². The first kappa shape index (κ1) is 26.3. The van der Waals surface area contributed by atoms with Gasteiger partial charge in [-0.25, -0.2) is 8.78 Å². The van der Waals surface area contributed by atoms with E-state index >= 15 is 0 Å². The Bertz CT molecular complexity index is 701. The lowest BCUT2D eigenvalue weighted by Crippen LogP contribution is -2.58. The van der Waals surface area contributed by atoms with Crippen LogP contribution in [0.15, 0.2) is 23.2 Å². The van der Waals surface area contributed by atoms with E-state index in [0.29, 0.717) is 18.5 Å². The number of likely N-dealkylation sites (tertiary alicyclic amines) is 2. The van der Waals surface area contributed by atoms with Gasteiger partial charge in [-0.3, -0.25) is 9.89 Å². The fourth-order valence-electron chi connectivity index (χ4n) is 4.60. The van der Waals surface area contributed by atoms with Gasteiger partial charge in [-0.15, -0.1) is 24.0 Å². The van der Waals surface area contributed by atoms with Crippen molar-refractivity contribution < 1.29 is 8.78 Å². The molecule has 2 saturated heterocycles. The number of rotatable bonds is 7. The predicted octanol–water partition coefficient (Wildman–Crippen LogP) is 3.63. The van der Waals surface area contributed by atoms with Gasteiger partial charge in [-0.1, -0.05) is 6.42 Å². The van der Waals surface area contributed by atoms with E-state index in [1.54, 1.807) is 0 Å². The van der Waals surface area contributed by atoms with Crippen LogP contribution in [0.5, 0.6) is 0 Å². The van der Waals surface area contributed by atoms with Crippen molar-refractivity contribution >= 4 is 29.9 Å². The third kappa shape index (κ3) is 7.53. The van der Waals surface area contributed by atoms with Gasteiger partial charge in [-0.05, 0) is 96.0 Å². The first-order valence-electron chi connectivity index (χ1n) is 11.4. The summed E-state index contributed by atoms with van der Waals surface area (Å²) in [6.45, 7) is 8.63. The highest BCUT2D eigenvalue weighted by Gasteiger charge is 2.39. The van der Waals surface area contributed by atoms with Gasteiger partial charge in [0.1, 0.15) is 11.6 Å². The Kier molecular flexibility index (Phi) is 10.9. The topological polar surface area (TPSA) is 42.9 Å². The van der Waals surface area contributed by atoms with Gasteiger partial charge >= 0.3 is 0 Å². The molecular formula is C23H38F2IN5. The Morgan fingerprint density at radius 2 is 1.77 bits per heavy atom. The van der Waals surface area contributed by atoms with Crippen molar-refractivity contribution in [2.45, 2.75) is 51.0 Å². The van der Waals surface area contributed by atoms with Gasteiger partial charge in [0.15, 0.2) is 5.96 Å². The number of halogens is 3. The zero-order chi connectivity index (χ0) is 21.4. The molecule has 2 aliphatic rings. The Labute approximate surface area is 203 Å². The minimum absolute atomic E-state index is 0. The molecule has 0 atom stereocenters. The van der Waals surface area contributed by atoms with Crippen molar-refractivity contribution in [3.05, 3.63) is 35.4 Å². The van der Waals surface area contributed by atoms with Crippen molar-refractivity contribution in [3.63, 3.8) is 0 Å². The van der Waals surface area contributed by atoms with Gasteiger partial charge in [0.05, 0.1) is 6.54 Å². The standard InChI is InChI=1S/C23H37F2N5.HI/c1-3-26-22(27-12-9-19-17-20(24)7-8-21(19)25)28-18-23(10-15-29(2)16-11-23)30-13-5-4-6-14-30;/h7-8,17H,3-6,9-16,18H2,1-2H3,(H2,26,27,28);1H. The van der Waals surface area contributed by atoms with Crippen LogP contribution in [0.3, 0.4) is 0 Å². The van der Waals surface area contributed by atoms with Crippen LogP contribution in [0.2, 0.25) is 0 Å². The molecule has 0 spiro atoms. The molecule has 3 rings (SSSR count). The first-order valence-corrected chi connectivity index (χ1v) is 11.4. The Morgan fingerprint density at radius 3 is 2.45 bits per heavy atom. The SMILES string of the molecule is CCNC(=NCC1(N2CCCCC2)CCN(C)CC1)NCCc1cc(F)ccc1F.I. The lowest BCUT2D eigenvalue weighted by Gasteiger charge is -2.49. The quantitative estimate of drug-likeness (QED) is 0.310. The normalized spacial score (nSPS) is 20.2. The summed E-state index contributed by atoms with van der Waals surface area (Å²) < 4.78 is 27.3. The van der Waals surface area contributed by atoms with Gasteiger partial charge in [0.25, 0.3) is 0 Å². The van der Waals surface area contributed by atoms with Crippen molar-refractivity contribution in [2.24, 2.45) is 4.99 Å². The van der Waals surface area contributed by atoms with Crippen LogP contribution in [-0.2, 0) is 6.42 Å². The molecule has 31 heavy (non-hydrogen) atoms. The molecule has 0 radical (unpaired) electrons. The minimum atomic E-state index is -0.405. The molecule has 0 aromatic heterocycles. The van der Waals surface area contributed by atoms with E-state index in [0.717, 1.165) is 51.0 Å². The number of hydrogen-bond donors (Lipinski definition) is 2.